The predicted molar refractivity (Wildman–Crippen MR) is 135 cm³/mol. The van der Waals surface area contributed by atoms with Crippen molar-refractivity contribution in [3.8, 4) is 0 Å². The highest BCUT2D eigenvalue weighted by atomic mass is 19.4. The average molecular weight is 544 g/mol. The van der Waals surface area contributed by atoms with Crippen molar-refractivity contribution in [2.24, 2.45) is 0 Å². The molecular formula is C25H36F3N5O5. The topological polar surface area (TPSA) is 138 Å². The van der Waals surface area contributed by atoms with Gasteiger partial charge >= 0.3 is 18.3 Å². The van der Waals surface area contributed by atoms with Crippen LogP contribution in [0.4, 0.5) is 28.4 Å². The van der Waals surface area contributed by atoms with E-state index in [4.69, 9.17) is 4.74 Å². The third-order valence-electron chi connectivity index (χ3n) is 5.48. The maximum Gasteiger partial charge on any atom is 0.416 e. The summed E-state index contributed by atoms with van der Waals surface area (Å²) in [6, 6.07) is 0.594. The number of hydrogen-bond acceptors (Lipinski definition) is 5. The van der Waals surface area contributed by atoms with Crippen LogP contribution in [0.25, 0.3) is 0 Å². The number of hydrogen-bond donors (Lipinski definition) is 5. The lowest BCUT2D eigenvalue weighted by Crippen LogP contribution is -2.55. The second kappa shape index (κ2) is 12.8. The van der Waals surface area contributed by atoms with Gasteiger partial charge in [0.25, 0.3) is 5.91 Å². The Morgan fingerprint density at radius 3 is 2.16 bits per heavy atom. The van der Waals surface area contributed by atoms with Crippen LogP contribution in [0.1, 0.15) is 76.2 Å². The molecule has 0 aromatic heterocycles. The number of urea groups is 1. The molecule has 0 radical (unpaired) electrons. The number of benzene rings is 1. The fourth-order valence-electron chi connectivity index (χ4n) is 3.89. The monoisotopic (exact) mass is 543 g/mol. The largest absolute Gasteiger partial charge is 0.444 e. The molecule has 1 aromatic rings. The third kappa shape index (κ3) is 10.1. The number of alkyl carbamates (subject to hydrolysis) is 1. The molecule has 5 amide bonds. The van der Waals surface area contributed by atoms with Gasteiger partial charge in [0.05, 0.1) is 29.4 Å². The predicted octanol–water partition coefficient (Wildman–Crippen LogP) is 3.92. The minimum atomic E-state index is -4.72. The van der Waals surface area contributed by atoms with E-state index >= 15 is 0 Å². The van der Waals surface area contributed by atoms with Crippen molar-refractivity contribution in [1.82, 2.24) is 21.3 Å². The van der Waals surface area contributed by atoms with Crippen LogP contribution in [0.15, 0.2) is 18.2 Å². The van der Waals surface area contributed by atoms with E-state index in [1.54, 1.807) is 34.6 Å². The first-order valence-electron chi connectivity index (χ1n) is 12.4. The zero-order valence-electron chi connectivity index (χ0n) is 22.2. The molecule has 1 saturated carbocycles. The number of amides is 5. The van der Waals surface area contributed by atoms with E-state index in [0.717, 1.165) is 25.0 Å². The highest BCUT2D eigenvalue weighted by Gasteiger charge is 2.33. The Bertz CT molecular complexity index is 1020. The molecule has 0 saturated heterocycles. The molecule has 0 spiro atoms. The summed E-state index contributed by atoms with van der Waals surface area (Å²) in [4.78, 5) is 49.6. The van der Waals surface area contributed by atoms with Gasteiger partial charge in [-0.25, -0.2) is 9.59 Å². The minimum absolute atomic E-state index is 0.150. The molecule has 1 aromatic carbocycles. The van der Waals surface area contributed by atoms with Gasteiger partial charge in [-0.15, -0.1) is 0 Å². The molecule has 13 heteroatoms. The van der Waals surface area contributed by atoms with E-state index in [0.29, 0.717) is 18.9 Å². The number of halogens is 3. The maximum absolute atomic E-state index is 13.3. The molecule has 2 unspecified atom stereocenters. The maximum atomic E-state index is 13.3. The van der Waals surface area contributed by atoms with Crippen molar-refractivity contribution < 1.29 is 37.1 Å². The Morgan fingerprint density at radius 1 is 1.00 bits per heavy atom. The van der Waals surface area contributed by atoms with E-state index in [1.165, 1.54) is 0 Å². The van der Waals surface area contributed by atoms with E-state index < -0.39 is 59.4 Å². The van der Waals surface area contributed by atoms with Crippen molar-refractivity contribution in [2.45, 2.75) is 90.2 Å². The van der Waals surface area contributed by atoms with Crippen molar-refractivity contribution in [3.05, 3.63) is 29.3 Å². The van der Waals surface area contributed by atoms with Crippen molar-refractivity contribution in [3.63, 3.8) is 0 Å². The SMILES string of the molecule is CC(C)NC(=O)Nc1ccc(C(F)(F)F)cc1C(=O)NCC(=O)NC1CCCCC1NC(=O)OC(C)(C)C. The van der Waals surface area contributed by atoms with Crippen LogP contribution in [0, 0.1) is 0 Å². The summed E-state index contributed by atoms with van der Waals surface area (Å²) in [5, 5.41) is 12.7. The van der Waals surface area contributed by atoms with E-state index in [9.17, 15) is 32.3 Å². The van der Waals surface area contributed by atoms with Crippen LogP contribution < -0.4 is 26.6 Å². The zero-order chi connectivity index (χ0) is 28.7. The van der Waals surface area contributed by atoms with Crippen molar-refractivity contribution >= 4 is 29.6 Å². The number of ether oxygens (including phenoxy) is 1. The van der Waals surface area contributed by atoms with E-state index in [1.807, 2.05) is 0 Å². The van der Waals surface area contributed by atoms with Gasteiger partial charge in [-0.05, 0) is 65.7 Å². The van der Waals surface area contributed by atoms with Gasteiger partial charge < -0.3 is 31.3 Å². The first-order valence-corrected chi connectivity index (χ1v) is 12.4. The lowest BCUT2D eigenvalue weighted by Gasteiger charge is -2.33. The summed E-state index contributed by atoms with van der Waals surface area (Å²) in [5.74, 6) is -1.56. The normalized spacial score (nSPS) is 17.8. The lowest BCUT2D eigenvalue weighted by atomic mass is 9.90. The summed E-state index contributed by atoms with van der Waals surface area (Å²) >= 11 is 0. The van der Waals surface area contributed by atoms with Crippen LogP contribution in [-0.2, 0) is 15.7 Å². The first-order chi connectivity index (χ1) is 17.5. The van der Waals surface area contributed by atoms with Crippen LogP contribution in [0.2, 0.25) is 0 Å². The molecule has 1 aliphatic rings. The Kier molecular flexibility index (Phi) is 10.4. The number of rotatable bonds is 7. The molecule has 212 valence electrons. The third-order valence-corrected chi connectivity index (χ3v) is 5.48. The molecule has 0 heterocycles. The zero-order valence-corrected chi connectivity index (χ0v) is 22.2. The molecule has 38 heavy (non-hydrogen) atoms. The average Bonchev–Trinajstić information content (AvgIpc) is 2.76. The number of carbonyl (C=O) groups excluding carboxylic acids is 4. The molecule has 1 fully saturated rings. The van der Waals surface area contributed by atoms with E-state index in [-0.39, 0.29) is 17.8 Å². The Hall–Kier alpha value is -3.51. The summed E-state index contributed by atoms with van der Waals surface area (Å²) < 4.78 is 45.0. The molecule has 1 aliphatic carbocycles. The summed E-state index contributed by atoms with van der Waals surface area (Å²) in [7, 11) is 0. The summed E-state index contributed by atoms with van der Waals surface area (Å²) in [6.45, 7) is 8.06. The van der Waals surface area contributed by atoms with Crippen LogP contribution >= 0.6 is 0 Å². The molecule has 2 rings (SSSR count). The first kappa shape index (κ1) is 30.7. The Labute approximate surface area is 219 Å². The van der Waals surface area contributed by atoms with E-state index in [2.05, 4.69) is 26.6 Å². The standard InChI is InChI=1S/C25H36F3N5O5/c1-14(2)30-22(36)32-17-11-10-15(25(26,27)28)12-16(17)21(35)29-13-20(34)31-18-8-6-7-9-19(18)33-23(37)38-24(3,4)5/h10-12,14,18-19H,6-9,13H2,1-5H3,(H,29,35)(H,31,34)(H,33,37)(H2,30,32,36). The second-order valence-corrected chi connectivity index (χ2v) is 10.4. The van der Waals surface area contributed by atoms with Gasteiger partial charge in [0.15, 0.2) is 0 Å². The minimum Gasteiger partial charge on any atom is -0.444 e. The number of carbonyl (C=O) groups is 4. The molecular weight excluding hydrogens is 507 g/mol. The fraction of sp³-hybridized carbons (Fsp3) is 0.600. The van der Waals surface area contributed by atoms with Gasteiger partial charge in [-0.2, -0.15) is 13.2 Å². The molecule has 2 atom stereocenters. The Morgan fingerprint density at radius 2 is 1.61 bits per heavy atom. The summed E-state index contributed by atoms with van der Waals surface area (Å²) in [5.41, 5.74) is -2.37. The van der Waals surface area contributed by atoms with Crippen LogP contribution in [0.5, 0.6) is 0 Å². The van der Waals surface area contributed by atoms with Crippen molar-refractivity contribution in [1.29, 1.82) is 0 Å². The molecule has 5 N–H and O–H groups in total. The fourth-order valence-corrected chi connectivity index (χ4v) is 3.89. The summed E-state index contributed by atoms with van der Waals surface area (Å²) in [6.07, 6.45) is -2.45. The van der Waals surface area contributed by atoms with Gasteiger partial charge in [-0.1, -0.05) is 12.8 Å². The lowest BCUT2D eigenvalue weighted by molar-refractivity contribution is -0.137. The molecule has 0 bridgehead atoms. The van der Waals surface area contributed by atoms with Crippen LogP contribution in [-0.4, -0.2) is 54.2 Å². The van der Waals surface area contributed by atoms with Gasteiger partial charge in [0.2, 0.25) is 5.91 Å². The molecule has 0 aliphatic heterocycles. The number of nitrogens with one attached hydrogen (secondary N) is 5. The highest BCUT2D eigenvalue weighted by molar-refractivity contribution is 6.04. The van der Waals surface area contributed by atoms with Crippen molar-refractivity contribution in [2.75, 3.05) is 11.9 Å². The molecule has 10 nitrogen and oxygen atoms in total. The highest BCUT2D eigenvalue weighted by Crippen LogP contribution is 2.32. The van der Waals surface area contributed by atoms with Gasteiger partial charge in [-0.3, -0.25) is 9.59 Å². The van der Waals surface area contributed by atoms with Crippen LogP contribution in [0.3, 0.4) is 0 Å². The quantitative estimate of drug-likeness (QED) is 0.355. The smallest absolute Gasteiger partial charge is 0.416 e. The van der Waals surface area contributed by atoms with Gasteiger partial charge in [0.1, 0.15) is 5.60 Å². The second-order valence-electron chi connectivity index (χ2n) is 10.4. The number of alkyl halides is 3. The Balaban J connectivity index is 2.06. The van der Waals surface area contributed by atoms with Gasteiger partial charge in [0, 0.05) is 12.1 Å². The number of anilines is 1.